The number of nitrogens with zero attached hydrogens (tertiary/aromatic N) is 1. The van der Waals surface area contributed by atoms with Crippen LogP contribution in [-0.4, -0.2) is 13.5 Å². The Hall–Kier alpha value is -2.07. The van der Waals surface area contributed by atoms with Crippen molar-refractivity contribution in [2.45, 2.75) is 24.5 Å². The number of anilines is 1. The summed E-state index contributed by atoms with van der Waals surface area (Å²) >= 11 is 6.98. The van der Waals surface area contributed by atoms with E-state index in [1.54, 1.807) is 6.92 Å². The number of hydrogen-bond donors (Lipinski definition) is 1. The lowest BCUT2D eigenvalue weighted by Gasteiger charge is -2.28. The molecule has 1 unspecified atom stereocenters. The van der Waals surface area contributed by atoms with Crippen LogP contribution in [0.4, 0.5) is 14.5 Å². The highest BCUT2D eigenvalue weighted by atomic mass is 35.5. The number of aliphatic hydroxyl groups excluding tert-OH is 1. The van der Waals surface area contributed by atoms with Crippen molar-refractivity contribution < 1.29 is 27.3 Å². The van der Waals surface area contributed by atoms with Crippen LogP contribution in [0.5, 0.6) is 0 Å². The number of benzene rings is 2. The van der Waals surface area contributed by atoms with Gasteiger partial charge in [0, 0.05) is 11.1 Å². The molecule has 0 spiro atoms. The number of aromatic amines is 1. The van der Waals surface area contributed by atoms with E-state index < -0.39 is 33.4 Å². The lowest BCUT2D eigenvalue weighted by atomic mass is 10.2. The van der Waals surface area contributed by atoms with Crippen molar-refractivity contribution in [3.05, 3.63) is 75.2 Å². The number of H-pyrrole nitrogens is 1. The Labute approximate surface area is 169 Å². The molecule has 0 fully saturated rings. The van der Waals surface area contributed by atoms with E-state index >= 15 is 0 Å². The smallest absolute Gasteiger partial charge is 0.265 e. The molecule has 10 heteroatoms. The van der Waals surface area contributed by atoms with E-state index in [9.17, 15) is 22.3 Å². The Kier molecular flexibility index (Phi) is 5.99. The van der Waals surface area contributed by atoms with E-state index in [1.807, 2.05) is 0 Å². The minimum atomic E-state index is -4.26. The van der Waals surface area contributed by atoms with E-state index in [1.165, 1.54) is 30.5 Å². The van der Waals surface area contributed by atoms with Gasteiger partial charge in [-0.05, 0) is 43.3 Å². The molecule has 0 aliphatic rings. The lowest BCUT2D eigenvalue weighted by Crippen LogP contribution is -2.36. The quantitative estimate of drug-likeness (QED) is 0.624. The summed E-state index contributed by atoms with van der Waals surface area (Å²) in [5, 5.41) is 10.1. The van der Waals surface area contributed by atoms with Gasteiger partial charge in [0.1, 0.15) is 17.7 Å². The number of hydrogen-bond acceptors (Lipinski definition) is 4. The zero-order chi connectivity index (χ0) is 20.5. The van der Waals surface area contributed by atoms with Gasteiger partial charge in [0.2, 0.25) is 0 Å². The SMILES string of the molecule is CC(c1[nH+]cc(CO)s1)N(c1cc(F)ccc1F)S(=O)(=O)c1ccc(Cl)cc1. The van der Waals surface area contributed by atoms with Gasteiger partial charge in [-0.25, -0.2) is 26.5 Å². The predicted molar refractivity (Wildman–Crippen MR) is 103 cm³/mol. The second-order valence-electron chi connectivity index (χ2n) is 5.91. The molecule has 0 saturated carbocycles. The number of aliphatic hydroxyl groups is 1. The molecule has 0 bridgehead atoms. The molecule has 1 aromatic heterocycles. The van der Waals surface area contributed by atoms with Gasteiger partial charge < -0.3 is 5.11 Å². The van der Waals surface area contributed by atoms with Crippen LogP contribution in [0.3, 0.4) is 0 Å². The lowest BCUT2D eigenvalue weighted by molar-refractivity contribution is -0.385. The van der Waals surface area contributed by atoms with Gasteiger partial charge >= 0.3 is 0 Å². The molecular formula is C18H16ClF2N2O3S2+. The zero-order valence-corrected chi connectivity index (χ0v) is 17.0. The maximum atomic E-state index is 14.5. The van der Waals surface area contributed by atoms with Crippen LogP contribution >= 0.6 is 22.9 Å². The molecule has 1 heterocycles. The van der Waals surface area contributed by atoms with Crippen LogP contribution in [0.1, 0.15) is 22.9 Å². The molecular weight excluding hydrogens is 430 g/mol. The summed E-state index contributed by atoms with van der Waals surface area (Å²) in [7, 11) is -4.26. The molecule has 0 aliphatic heterocycles. The number of thiazole rings is 1. The Morgan fingerprint density at radius 1 is 1.21 bits per heavy atom. The first-order valence-electron chi connectivity index (χ1n) is 8.10. The summed E-state index contributed by atoms with van der Waals surface area (Å²) in [5.74, 6) is -1.66. The molecule has 3 rings (SSSR count). The standard InChI is InChI=1S/C18H15ClF2N2O3S2/c1-11(18-22-9-14(10-24)27-18)23(17-8-13(20)4-7-16(17)21)28(25,26)15-5-2-12(19)3-6-15/h2-9,11,24H,10H2,1H3/p+1. The Bertz CT molecular complexity index is 1090. The van der Waals surface area contributed by atoms with Crippen LogP contribution in [0.25, 0.3) is 0 Å². The number of aromatic nitrogens is 1. The summed E-state index contributed by atoms with van der Waals surface area (Å²) in [6.45, 7) is 1.31. The number of rotatable bonds is 6. The van der Waals surface area contributed by atoms with E-state index in [0.717, 1.165) is 33.8 Å². The topological polar surface area (TPSA) is 71.8 Å². The van der Waals surface area contributed by atoms with Crippen LogP contribution in [-0.2, 0) is 16.6 Å². The maximum Gasteiger partial charge on any atom is 0.265 e. The van der Waals surface area contributed by atoms with Gasteiger partial charge in [-0.3, -0.25) is 0 Å². The first kappa shape index (κ1) is 20.7. The third kappa shape index (κ3) is 4.02. The number of halogens is 3. The highest BCUT2D eigenvalue weighted by molar-refractivity contribution is 7.92. The van der Waals surface area contributed by atoms with Gasteiger partial charge in [-0.1, -0.05) is 22.9 Å². The highest BCUT2D eigenvalue weighted by Gasteiger charge is 2.36. The average Bonchev–Trinajstić information content (AvgIpc) is 3.14. The molecule has 0 aliphatic carbocycles. The third-order valence-electron chi connectivity index (χ3n) is 4.02. The van der Waals surface area contributed by atoms with Crippen molar-refractivity contribution in [3.63, 3.8) is 0 Å². The van der Waals surface area contributed by atoms with Crippen molar-refractivity contribution in [1.82, 2.24) is 0 Å². The van der Waals surface area contributed by atoms with E-state index in [4.69, 9.17) is 11.6 Å². The second kappa shape index (κ2) is 8.12. The summed E-state index contributed by atoms with van der Waals surface area (Å²) in [6, 6.07) is 7.12. The van der Waals surface area contributed by atoms with Crippen LogP contribution in [0.2, 0.25) is 5.02 Å². The van der Waals surface area contributed by atoms with Crippen molar-refractivity contribution in [2.24, 2.45) is 0 Å². The first-order chi connectivity index (χ1) is 13.2. The zero-order valence-electron chi connectivity index (χ0n) is 14.6. The van der Waals surface area contributed by atoms with Crippen molar-refractivity contribution in [1.29, 1.82) is 0 Å². The Balaban J connectivity index is 2.18. The van der Waals surface area contributed by atoms with Gasteiger partial charge in [-0.15, -0.1) is 0 Å². The molecule has 5 nitrogen and oxygen atoms in total. The molecule has 1 atom stereocenters. The van der Waals surface area contributed by atoms with E-state index in [2.05, 4.69) is 4.98 Å². The molecule has 0 amide bonds. The van der Waals surface area contributed by atoms with Crippen molar-refractivity contribution in [3.8, 4) is 0 Å². The van der Waals surface area contributed by atoms with Gasteiger partial charge in [0.25, 0.3) is 15.0 Å². The molecule has 3 aromatic rings. The maximum absolute atomic E-state index is 14.5. The largest absolute Gasteiger partial charge is 0.391 e. The van der Waals surface area contributed by atoms with Gasteiger partial charge in [0.15, 0.2) is 6.20 Å². The van der Waals surface area contributed by atoms with Crippen molar-refractivity contribution >= 4 is 38.6 Å². The Morgan fingerprint density at radius 2 is 1.89 bits per heavy atom. The van der Waals surface area contributed by atoms with E-state index in [0.29, 0.717) is 14.9 Å². The molecule has 2 aromatic carbocycles. The molecule has 2 N–H and O–H groups in total. The number of nitrogens with one attached hydrogen (secondary N) is 1. The van der Waals surface area contributed by atoms with Crippen LogP contribution in [0.15, 0.2) is 53.6 Å². The van der Waals surface area contributed by atoms with Crippen LogP contribution < -0.4 is 9.29 Å². The summed E-state index contributed by atoms with van der Waals surface area (Å²) in [5.41, 5.74) is -0.421. The fourth-order valence-electron chi connectivity index (χ4n) is 2.66. The highest BCUT2D eigenvalue weighted by Crippen LogP contribution is 2.36. The predicted octanol–water partition coefficient (Wildman–Crippen LogP) is 3.94. The molecule has 0 radical (unpaired) electrons. The third-order valence-corrected chi connectivity index (χ3v) is 7.36. The normalized spacial score (nSPS) is 12.8. The fraction of sp³-hybridized carbons (Fsp3) is 0.167. The van der Waals surface area contributed by atoms with Gasteiger partial charge in [-0.2, -0.15) is 0 Å². The minimum absolute atomic E-state index is 0.119. The minimum Gasteiger partial charge on any atom is -0.391 e. The number of sulfonamides is 1. The monoisotopic (exact) mass is 445 g/mol. The van der Waals surface area contributed by atoms with Crippen molar-refractivity contribution in [2.75, 3.05) is 4.31 Å². The fourth-order valence-corrected chi connectivity index (χ4v) is 5.34. The summed E-state index contributed by atoms with van der Waals surface area (Å²) in [4.78, 5) is 3.34. The summed E-state index contributed by atoms with van der Waals surface area (Å²) < 4.78 is 55.9. The van der Waals surface area contributed by atoms with E-state index in [-0.39, 0.29) is 11.5 Å². The first-order valence-corrected chi connectivity index (χ1v) is 10.7. The van der Waals surface area contributed by atoms with Gasteiger partial charge in [0.05, 0.1) is 22.1 Å². The Morgan fingerprint density at radius 3 is 2.50 bits per heavy atom. The molecule has 28 heavy (non-hydrogen) atoms. The molecule has 148 valence electrons. The second-order valence-corrected chi connectivity index (χ2v) is 9.33. The molecule has 0 saturated heterocycles. The average molecular weight is 446 g/mol. The van der Waals surface area contributed by atoms with Crippen LogP contribution in [0, 0.1) is 11.6 Å². The summed E-state index contributed by atoms with van der Waals surface area (Å²) in [6.07, 6.45) is 1.53.